The van der Waals surface area contributed by atoms with Gasteiger partial charge in [-0.15, -0.1) is 0 Å². The molecule has 0 radical (unpaired) electrons. The lowest BCUT2D eigenvalue weighted by Crippen LogP contribution is -2.11. The first kappa shape index (κ1) is 13.1. The summed E-state index contributed by atoms with van der Waals surface area (Å²) in [7, 11) is 3.14. The highest BCUT2D eigenvalue weighted by Crippen LogP contribution is 2.34. The maximum absolute atomic E-state index is 12.7. The van der Waals surface area contributed by atoms with Crippen LogP contribution in [0.3, 0.4) is 0 Å². The summed E-state index contributed by atoms with van der Waals surface area (Å²) in [5.74, 6) is 0.00357. The number of nitrogens with zero attached hydrogens (tertiary/aromatic N) is 2. The molecule has 1 aromatic heterocycles. The van der Waals surface area contributed by atoms with E-state index in [0.29, 0.717) is 10.9 Å². The summed E-state index contributed by atoms with van der Waals surface area (Å²) in [6.45, 7) is 0. The van der Waals surface area contributed by atoms with Crippen molar-refractivity contribution in [3.63, 3.8) is 0 Å². The molecule has 0 saturated heterocycles. The minimum Gasteiger partial charge on any atom is -0.490 e. The predicted octanol–water partition coefficient (Wildman–Crippen LogP) is 2.61. The molecule has 2 aromatic carbocycles. The predicted molar refractivity (Wildman–Crippen MR) is 79.9 cm³/mol. The molecule has 6 heteroatoms. The lowest BCUT2D eigenvalue weighted by atomic mass is 10.1. The van der Waals surface area contributed by atoms with E-state index in [4.69, 9.17) is 4.74 Å². The summed E-state index contributed by atoms with van der Waals surface area (Å²) >= 11 is 0. The molecule has 0 aliphatic rings. The third kappa shape index (κ3) is 1.76. The molecule has 0 N–H and O–H groups in total. The van der Waals surface area contributed by atoms with Crippen LogP contribution in [0.1, 0.15) is 0 Å². The third-order valence-corrected chi connectivity index (χ3v) is 3.61. The van der Waals surface area contributed by atoms with Crippen molar-refractivity contribution in [2.75, 3.05) is 7.11 Å². The van der Waals surface area contributed by atoms with Crippen molar-refractivity contribution in [2.45, 2.75) is 0 Å². The van der Waals surface area contributed by atoms with Gasteiger partial charge in [0.2, 0.25) is 11.2 Å². The number of aromatic nitrogens is 1. The van der Waals surface area contributed by atoms with E-state index in [1.807, 2.05) is 23.7 Å². The van der Waals surface area contributed by atoms with Gasteiger partial charge in [0, 0.05) is 18.5 Å². The van der Waals surface area contributed by atoms with E-state index in [2.05, 4.69) is 0 Å². The van der Waals surface area contributed by atoms with Gasteiger partial charge < -0.3 is 9.30 Å². The van der Waals surface area contributed by atoms with E-state index >= 15 is 0 Å². The number of rotatable bonds is 2. The van der Waals surface area contributed by atoms with Crippen LogP contribution in [0.25, 0.3) is 21.8 Å². The molecule has 0 saturated carbocycles. The number of benzene rings is 2. The molecule has 0 amide bonds. The van der Waals surface area contributed by atoms with Crippen LogP contribution in [0.4, 0.5) is 5.69 Å². The number of para-hydroxylation sites is 1. The van der Waals surface area contributed by atoms with Gasteiger partial charge in [0.1, 0.15) is 0 Å². The number of pyridine rings is 1. The number of nitro groups is 1. The molecule has 0 spiro atoms. The molecular weight excluding hydrogens is 272 g/mol. The number of fused-ring (bicyclic) bond motifs is 2. The van der Waals surface area contributed by atoms with Crippen LogP contribution in [-0.2, 0) is 7.05 Å². The topological polar surface area (TPSA) is 74.4 Å². The van der Waals surface area contributed by atoms with Crippen LogP contribution in [0.5, 0.6) is 5.75 Å². The van der Waals surface area contributed by atoms with Crippen LogP contribution < -0.4 is 10.2 Å². The van der Waals surface area contributed by atoms with Crippen molar-refractivity contribution in [1.29, 1.82) is 0 Å². The van der Waals surface area contributed by atoms with E-state index in [1.165, 1.54) is 13.2 Å². The lowest BCUT2D eigenvalue weighted by molar-refractivity contribution is -0.385. The second kappa shape index (κ2) is 4.59. The monoisotopic (exact) mass is 284 g/mol. The largest absolute Gasteiger partial charge is 0.490 e. The number of methoxy groups -OCH3 is 1. The van der Waals surface area contributed by atoms with Crippen molar-refractivity contribution in [3.8, 4) is 5.75 Å². The average Bonchev–Trinajstić information content (AvgIpc) is 2.51. The van der Waals surface area contributed by atoms with E-state index in [1.54, 1.807) is 18.2 Å². The quantitative estimate of drug-likeness (QED) is 0.412. The fraction of sp³-hybridized carbons (Fsp3) is 0.133. The van der Waals surface area contributed by atoms with Crippen LogP contribution in [0.15, 0.2) is 41.2 Å². The molecular formula is C15H12N2O4. The number of hydrogen-bond donors (Lipinski definition) is 0. The molecule has 0 aliphatic carbocycles. The van der Waals surface area contributed by atoms with E-state index < -0.39 is 4.92 Å². The summed E-state index contributed by atoms with van der Waals surface area (Å²) in [6.07, 6.45) is 0. The first-order valence-corrected chi connectivity index (χ1v) is 6.29. The normalized spacial score (nSPS) is 11.0. The Labute approximate surface area is 119 Å². The van der Waals surface area contributed by atoms with Gasteiger partial charge in [0.15, 0.2) is 0 Å². The van der Waals surface area contributed by atoms with E-state index in [0.717, 1.165) is 5.52 Å². The second-order valence-corrected chi connectivity index (χ2v) is 4.67. The second-order valence-electron chi connectivity index (χ2n) is 4.67. The summed E-state index contributed by atoms with van der Waals surface area (Å²) in [5.41, 5.74) is 0.892. The van der Waals surface area contributed by atoms with Crippen molar-refractivity contribution < 1.29 is 9.66 Å². The number of hydrogen-bond acceptors (Lipinski definition) is 4. The first-order valence-electron chi connectivity index (χ1n) is 6.29. The van der Waals surface area contributed by atoms with E-state index in [-0.39, 0.29) is 22.3 Å². The fourth-order valence-electron chi connectivity index (χ4n) is 2.63. The zero-order chi connectivity index (χ0) is 15.1. The van der Waals surface area contributed by atoms with Crippen LogP contribution in [0.2, 0.25) is 0 Å². The summed E-state index contributed by atoms with van der Waals surface area (Å²) in [6, 6.07) is 10.1. The Morgan fingerprint density at radius 3 is 2.52 bits per heavy atom. The molecule has 0 bridgehead atoms. The van der Waals surface area contributed by atoms with Gasteiger partial charge in [0.05, 0.1) is 28.5 Å². The molecule has 0 aliphatic heterocycles. The number of aryl methyl sites for hydroxylation is 1. The summed E-state index contributed by atoms with van der Waals surface area (Å²) in [5, 5.41) is 11.8. The summed E-state index contributed by atoms with van der Waals surface area (Å²) in [4.78, 5) is 23.2. The molecule has 3 aromatic rings. The van der Waals surface area contributed by atoms with Crippen LogP contribution >= 0.6 is 0 Å². The van der Waals surface area contributed by atoms with Crippen molar-refractivity contribution >= 4 is 27.5 Å². The van der Waals surface area contributed by atoms with E-state index in [9.17, 15) is 14.9 Å². The number of ether oxygens (including phenoxy) is 1. The van der Waals surface area contributed by atoms with Gasteiger partial charge in [-0.25, -0.2) is 0 Å². The van der Waals surface area contributed by atoms with Gasteiger partial charge in [-0.2, -0.15) is 0 Å². The van der Waals surface area contributed by atoms with Gasteiger partial charge >= 0.3 is 5.69 Å². The highest BCUT2D eigenvalue weighted by atomic mass is 16.6. The summed E-state index contributed by atoms with van der Waals surface area (Å²) < 4.78 is 6.98. The maximum atomic E-state index is 12.7. The van der Waals surface area contributed by atoms with Gasteiger partial charge in [-0.3, -0.25) is 14.9 Å². The molecule has 0 fully saturated rings. The lowest BCUT2D eigenvalue weighted by Gasteiger charge is -2.12. The molecule has 0 atom stereocenters. The third-order valence-electron chi connectivity index (χ3n) is 3.61. The zero-order valence-corrected chi connectivity index (χ0v) is 11.5. The Hall–Kier alpha value is -2.89. The minimum atomic E-state index is -0.549. The Morgan fingerprint density at radius 2 is 1.86 bits per heavy atom. The average molecular weight is 284 g/mol. The Morgan fingerprint density at radius 1 is 1.14 bits per heavy atom. The molecule has 1 heterocycles. The maximum Gasteiger partial charge on any atom is 0.311 e. The molecule has 21 heavy (non-hydrogen) atoms. The van der Waals surface area contributed by atoms with Gasteiger partial charge in [0.25, 0.3) is 0 Å². The zero-order valence-electron chi connectivity index (χ0n) is 11.5. The number of nitro benzene ring substituents is 1. The first-order chi connectivity index (χ1) is 10.1. The molecule has 106 valence electrons. The van der Waals surface area contributed by atoms with Crippen molar-refractivity contribution in [3.05, 3.63) is 56.7 Å². The fourth-order valence-corrected chi connectivity index (χ4v) is 2.63. The van der Waals surface area contributed by atoms with Crippen molar-refractivity contribution in [1.82, 2.24) is 4.57 Å². The highest BCUT2D eigenvalue weighted by Gasteiger charge is 2.22. The Bertz CT molecular complexity index is 944. The molecule has 3 rings (SSSR count). The van der Waals surface area contributed by atoms with Crippen LogP contribution in [0, 0.1) is 10.1 Å². The SMILES string of the molecule is COc1c([N+](=O)[O-])ccc2c1c(=O)c1ccccc1n2C. The van der Waals surface area contributed by atoms with Gasteiger partial charge in [-0.1, -0.05) is 12.1 Å². The standard InChI is InChI=1S/C15H12N2O4/c1-16-10-6-4-3-5-9(10)14(18)13-11(16)7-8-12(17(19)20)15(13)21-2/h3-8H,1-2H3. The molecule has 6 nitrogen and oxygen atoms in total. The Kier molecular flexibility index (Phi) is 2.86. The highest BCUT2D eigenvalue weighted by molar-refractivity contribution is 5.98. The Balaban J connectivity index is 2.64. The van der Waals surface area contributed by atoms with Gasteiger partial charge in [-0.05, 0) is 18.2 Å². The van der Waals surface area contributed by atoms with Crippen LogP contribution in [-0.4, -0.2) is 16.6 Å². The smallest absolute Gasteiger partial charge is 0.311 e. The molecule has 0 unspecified atom stereocenters. The van der Waals surface area contributed by atoms with Crippen molar-refractivity contribution in [2.24, 2.45) is 7.05 Å². The minimum absolute atomic E-state index is 0.00357.